The van der Waals surface area contributed by atoms with Gasteiger partial charge in [0.05, 0.1) is 18.1 Å². The molecule has 1 aromatic rings. The Morgan fingerprint density at radius 1 is 1.17 bits per heavy atom. The molecule has 0 radical (unpaired) electrons. The first-order valence-electron chi connectivity index (χ1n) is 8.60. The third-order valence-corrected chi connectivity index (χ3v) is 5.29. The van der Waals surface area contributed by atoms with E-state index in [1.165, 1.54) is 12.1 Å². The van der Waals surface area contributed by atoms with Crippen molar-refractivity contribution in [1.82, 2.24) is 9.80 Å². The maximum absolute atomic E-state index is 13.0. The fraction of sp³-hybridized carbons (Fsp3) is 0.611. The minimum atomic E-state index is -0.202. The Balaban J connectivity index is 1.39. The standard InChI is InChI=1S/C18H23FN2O2/c19-14-5-3-13(4-6-14)10-20-11-15-9-16(17(12-20)23-15)18(22)21-7-1-2-8-21/h3-6,15-17H,1-2,7-12H2/t15-,16+,17-/m1/s1. The fourth-order valence-corrected chi connectivity index (χ4v) is 4.15. The Bertz CT molecular complexity index is 571. The van der Waals surface area contributed by atoms with Crippen molar-refractivity contribution in [2.24, 2.45) is 5.92 Å². The summed E-state index contributed by atoms with van der Waals surface area (Å²) in [5.74, 6) is 0.113. The molecule has 0 saturated carbocycles. The third-order valence-electron chi connectivity index (χ3n) is 5.29. The van der Waals surface area contributed by atoms with E-state index in [1.54, 1.807) is 0 Å². The minimum Gasteiger partial charge on any atom is -0.371 e. The molecule has 3 atom stereocenters. The van der Waals surface area contributed by atoms with Crippen LogP contribution in [0.1, 0.15) is 24.8 Å². The monoisotopic (exact) mass is 318 g/mol. The second kappa shape index (κ2) is 6.21. The van der Waals surface area contributed by atoms with E-state index in [9.17, 15) is 9.18 Å². The molecule has 1 aromatic carbocycles. The largest absolute Gasteiger partial charge is 0.371 e. The highest BCUT2D eigenvalue weighted by Gasteiger charge is 2.45. The Morgan fingerprint density at radius 3 is 2.65 bits per heavy atom. The molecule has 0 N–H and O–H groups in total. The van der Waals surface area contributed by atoms with Crippen molar-refractivity contribution in [2.45, 2.75) is 38.0 Å². The van der Waals surface area contributed by atoms with Crippen LogP contribution in [-0.4, -0.2) is 54.1 Å². The third kappa shape index (κ3) is 3.12. The molecule has 3 saturated heterocycles. The number of morpholine rings is 1. The second-order valence-electron chi connectivity index (χ2n) is 6.99. The van der Waals surface area contributed by atoms with E-state index >= 15 is 0 Å². The van der Waals surface area contributed by atoms with Crippen LogP contribution in [0.3, 0.4) is 0 Å². The Kier molecular flexibility index (Phi) is 4.07. The molecule has 0 aromatic heterocycles. The number of fused-ring (bicyclic) bond motifs is 2. The van der Waals surface area contributed by atoms with Crippen LogP contribution < -0.4 is 0 Å². The number of carbonyl (C=O) groups excluding carboxylic acids is 1. The van der Waals surface area contributed by atoms with Crippen molar-refractivity contribution in [3.05, 3.63) is 35.6 Å². The molecule has 2 bridgehead atoms. The molecule has 1 amide bonds. The molecular formula is C18H23FN2O2. The number of rotatable bonds is 3. The number of nitrogens with zero attached hydrogens (tertiary/aromatic N) is 2. The number of hydrogen-bond acceptors (Lipinski definition) is 3. The van der Waals surface area contributed by atoms with Gasteiger partial charge in [0.15, 0.2) is 0 Å². The maximum Gasteiger partial charge on any atom is 0.228 e. The van der Waals surface area contributed by atoms with Gasteiger partial charge in [0, 0.05) is 32.7 Å². The lowest BCUT2D eigenvalue weighted by atomic mass is 9.99. The maximum atomic E-state index is 13.0. The number of hydrogen-bond donors (Lipinski definition) is 0. The van der Waals surface area contributed by atoms with Crippen LogP contribution in [0, 0.1) is 11.7 Å². The van der Waals surface area contributed by atoms with Gasteiger partial charge in [-0.3, -0.25) is 9.69 Å². The smallest absolute Gasteiger partial charge is 0.228 e. The summed E-state index contributed by atoms with van der Waals surface area (Å²) in [6.45, 7) is 4.26. The van der Waals surface area contributed by atoms with E-state index in [4.69, 9.17) is 4.74 Å². The van der Waals surface area contributed by atoms with Crippen LogP contribution in [0.25, 0.3) is 0 Å². The number of likely N-dealkylation sites (tertiary alicyclic amines) is 2. The van der Waals surface area contributed by atoms with Crippen molar-refractivity contribution in [3.8, 4) is 0 Å². The summed E-state index contributed by atoms with van der Waals surface area (Å²) in [5, 5.41) is 0. The first kappa shape index (κ1) is 15.1. The van der Waals surface area contributed by atoms with Crippen LogP contribution >= 0.6 is 0 Å². The highest BCUT2D eigenvalue weighted by atomic mass is 19.1. The van der Waals surface area contributed by atoms with Crippen molar-refractivity contribution >= 4 is 5.91 Å². The molecular weight excluding hydrogens is 295 g/mol. The van der Waals surface area contributed by atoms with Gasteiger partial charge < -0.3 is 9.64 Å². The first-order chi connectivity index (χ1) is 11.2. The van der Waals surface area contributed by atoms with Gasteiger partial charge in [-0.15, -0.1) is 0 Å². The molecule has 0 unspecified atom stereocenters. The summed E-state index contributed by atoms with van der Waals surface area (Å²) < 4.78 is 19.0. The van der Waals surface area contributed by atoms with Crippen LogP contribution in [0.5, 0.6) is 0 Å². The molecule has 4 nitrogen and oxygen atoms in total. The summed E-state index contributed by atoms with van der Waals surface area (Å²) in [5.41, 5.74) is 1.11. The van der Waals surface area contributed by atoms with E-state index in [2.05, 4.69) is 4.90 Å². The highest BCUT2D eigenvalue weighted by Crippen LogP contribution is 2.34. The zero-order chi connectivity index (χ0) is 15.8. The Morgan fingerprint density at radius 2 is 1.91 bits per heavy atom. The van der Waals surface area contributed by atoms with Crippen LogP contribution in [-0.2, 0) is 16.1 Å². The molecule has 23 heavy (non-hydrogen) atoms. The normalized spacial score (nSPS) is 30.8. The van der Waals surface area contributed by atoms with E-state index in [1.807, 2.05) is 17.0 Å². The van der Waals surface area contributed by atoms with Crippen molar-refractivity contribution in [2.75, 3.05) is 26.2 Å². The predicted octanol–water partition coefficient (Wildman–Crippen LogP) is 2.04. The molecule has 3 aliphatic heterocycles. The average Bonchev–Trinajstić information content (AvgIpc) is 3.17. The average molecular weight is 318 g/mol. The number of benzene rings is 1. The Hall–Kier alpha value is -1.46. The number of ether oxygens (including phenoxy) is 1. The minimum absolute atomic E-state index is 0.0160. The number of amides is 1. The fourth-order valence-electron chi connectivity index (χ4n) is 4.15. The van der Waals surface area contributed by atoms with Gasteiger partial charge in [-0.05, 0) is 37.0 Å². The molecule has 0 aliphatic carbocycles. The van der Waals surface area contributed by atoms with Crippen LogP contribution in [0.4, 0.5) is 4.39 Å². The molecule has 124 valence electrons. The van der Waals surface area contributed by atoms with E-state index < -0.39 is 0 Å². The summed E-state index contributed by atoms with van der Waals surface area (Å²) in [6, 6.07) is 6.67. The lowest BCUT2D eigenvalue weighted by Gasteiger charge is -2.33. The van der Waals surface area contributed by atoms with Crippen LogP contribution in [0.15, 0.2) is 24.3 Å². The lowest BCUT2D eigenvalue weighted by Crippen LogP contribution is -2.45. The molecule has 0 spiro atoms. The SMILES string of the molecule is O=C([C@H]1C[C@@H]2CN(Cc3ccc(F)cc3)C[C@H]1O2)N1CCCC1. The lowest BCUT2D eigenvalue weighted by molar-refractivity contribution is -0.137. The summed E-state index contributed by atoms with van der Waals surface area (Å²) >= 11 is 0. The quantitative estimate of drug-likeness (QED) is 0.855. The van der Waals surface area contributed by atoms with Gasteiger partial charge >= 0.3 is 0 Å². The summed E-state index contributed by atoms with van der Waals surface area (Å²) in [7, 11) is 0. The molecule has 4 rings (SSSR count). The number of halogens is 1. The van der Waals surface area contributed by atoms with E-state index in [0.717, 1.165) is 57.5 Å². The van der Waals surface area contributed by atoms with Crippen molar-refractivity contribution in [1.29, 1.82) is 0 Å². The van der Waals surface area contributed by atoms with Gasteiger partial charge in [0.25, 0.3) is 0 Å². The summed E-state index contributed by atoms with van der Waals surface area (Å²) in [4.78, 5) is 17.0. The van der Waals surface area contributed by atoms with Crippen molar-refractivity contribution in [3.63, 3.8) is 0 Å². The molecule has 3 fully saturated rings. The topological polar surface area (TPSA) is 32.8 Å². The highest BCUT2D eigenvalue weighted by molar-refractivity contribution is 5.80. The van der Waals surface area contributed by atoms with Crippen LogP contribution in [0.2, 0.25) is 0 Å². The Labute approximate surface area is 136 Å². The molecule has 3 heterocycles. The van der Waals surface area contributed by atoms with Gasteiger partial charge in [-0.2, -0.15) is 0 Å². The van der Waals surface area contributed by atoms with Gasteiger partial charge in [-0.1, -0.05) is 12.1 Å². The predicted molar refractivity (Wildman–Crippen MR) is 84.3 cm³/mol. The molecule has 3 aliphatic rings. The molecule has 5 heteroatoms. The number of carbonyl (C=O) groups is 1. The van der Waals surface area contributed by atoms with Gasteiger partial charge in [0.2, 0.25) is 5.91 Å². The second-order valence-corrected chi connectivity index (χ2v) is 6.99. The zero-order valence-corrected chi connectivity index (χ0v) is 13.3. The van der Waals surface area contributed by atoms with E-state index in [0.29, 0.717) is 5.91 Å². The van der Waals surface area contributed by atoms with Crippen molar-refractivity contribution < 1.29 is 13.9 Å². The van der Waals surface area contributed by atoms with Gasteiger partial charge in [0.1, 0.15) is 5.82 Å². The van der Waals surface area contributed by atoms with Gasteiger partial charge in [-0.25, -0.2) is 4.39 Å². The first-order valence-corrected chi connectivity index (χ1v) is 8.60. The van der Waals surface area contributed by atoms with E-state index in [-0.39, 0.29) is 23.9 Å². The zero-order valence-electron chi connectivity index (χ0n) is 13.3. The summed E-state index contributed by atoms with van der Waals surface area (Å²) in [6.07, 6.45) is 3.28.